The minimum atomic E-state index is -0.759. The van der Waals surface area contributed by atoms with Gasteiger partial charge >= 0.3 is 5.69 Å². The molecule has 7 heteroatoms. The van der Waals surface area contributed by atoms with Crippen molar-refractivity contribution in [2.45, 2.75) is 24.9 Å². The maximum Gasteiger partial charge on any atom is 0.331 e. The molecule has 0 aliphatic carbocycles. The SMILES string of the molecule is Cn1c(=S)ccn([C@@H]2CC(O)[C@H](CO)O2)c1=O. The summed E-state index contributed by atoms with van der Waals surface area (Å²) in [7, 11) is 1.58. The topological polar surface area (TPSA) is 76.6 Å². The van der Waals surface area contributed by atoms with Crippen molar-refractivity contribution in [1.82, 2.24) is 9.13 Å². The molecule has 0 aromatic carbocycles. The number of rotatable bonds is 2. The molecular weight excluding hydrogens is 244 g/mol. The zero-order chi connectivity index (χ0) is 12.6. The molecule has 3 atom stereocenters. The molecule has 0 bridgehead atoms. The highest BCUT2D eigenvalue weighted by atomic mass is 32.1. The fourth-order valence-corrected chi connectivity index (χ4v) is 2.00. The van der Waals surface area contributed by atoms with Crippen LogP contribution < -0.4 is 5.69 Å². The Balaban J connectivity index is 2.34. The molecule has 1 aliphatic heterocycles. The van der Waals surface area contributed by atoms with E-state index in [2.05, 4.69) is 0 Å². The molecule has 1 fully saturated rings. The molecular formula is C10H14N2O4S. The molecule has 2 N–H and O–H groups in total. The lowest BCUT2D eigenvalue weighted by atomic mass is 10.2. The average molecular weight is 258 g/mol. The summed E-state index contributed by atoms with van der Waals surface area (Å²) in [4.78, 5) is 11.9. The van der Waals surface area contributed by atoms with E-state index in [0.29, 0.717) is 4.64 Å². The fraction of sp³-hybridized carbons (Fsp3) is 0.600. The van der Waals surface area contributed by atoms with Crippen LogP contribution in [0.5, 0.6) is 0 Å². The largest absolute Gasteiger partial charge is 0.394 e. The molecule has 0 spiro atoms. The van der Waals surface area contributed by atoms with Crippen molar-refractivity contribution >= 4 is 12.2 Å². The second-order valence-electron chi connectivity index (χ2n) is 4.02. The van der Waals surface area contributed by atoms with E-state index in [9.17, 15) is 9.90 Å². The summed E-state index contributed by atoms with van der Waals surface area (Å²) in [5.41, 5.74) is -0.298. The third kappa shape index (κ3) is 2.19. The van der Waals surface area contributed by atoms with Crippen LogP contribution in [0, 0.1) is 4.64 Å². The Hall–Kier alpha value is -1.02. The van der Waals surface area contributed by atoms with Gasteiger partial charge in [-0.3, -0.25) is 9.13 Å². The monoisotopic (exact) mass is 258 g/mol. The molecule has 1 aliphatic rings. The Labute approximate surface area is 103 Å². The van der Waals surface area contributed by atoms with Gasteiger partial charge in [-0.1, -0.05) is 12.2 Å². The van der Waals surface area contributed by atoms with Crippen molar-refractivity contribution in [2.75, 3.05) is 6.61 Å². The zero-order valence-electron chi connectivity index (χ0n) is 9.31. The van der Waals surface area contributed by atoms with Gasteiger partial charge in [0.1, 0.15) is 17.0 Å². The zero-order valence-corrected chi connectivity index (χ0v) is 10.1. The standard InChI is InChI=1S/C10H14N2O4S/c1-11-9(17)2-3-12(10(11)15)8-4-6(14)7(5-13)16-8/h2-3,6-8,13-14H,4-5H2,1H3/t6?,7-,8-/m0/s1. The molecule has 17 heavy (non-hydrogen) atoms. The second-order valence-corrected chi connectivity index (χ2v) is 4.44. The van der Waals surface area contributed by atoms with Crippen molar-refractivity contribution in [3.63, 3.8) is 0 Å². The van der Waals surface area contributed by atoms with Gasteiger partial charge in [0.05, 0.1) is 12.7 Å². The van der Waals surface area contributed by atoms with Gasteiger partial charge in [-0.15, -0.1) is 0 Å². The first-order chi connectivity index (χ1) is 8.04. The minimum Gasteiger partial charge on any atom is -0.394 e. The van der Waals surface area contributed by atoms with Crippen LogP contribution in [0.15, 0.2) is 17.1 Å². The first kappa shape index (κ1) is 12.4. The van der Waals surface area contributed by atoms with E-state index >= 15 is 0 Å². The van der Waals surface area contributed by atoms with Gasteiger partial charge in [-0.05, 0) is 6.07 Å². The molecule has 1 aromatic heterocycles. The Kier molecular flexibility index (Phi) is 3.43. The van der Waals surface area contributed by atoms with E-state index < -0.39 is 18.4 Å². The number of aromatic nitrogens is 2. The second kappa shape index (κ2) is 4.69. The fourth-order valence-electron chi connectivity index (χ4n) is 1.86. The molecule has 1 unspecified atom stereocenters. The Morgan fingerprint density at radius 3 is 2.94 bits per heavy atom. The van der Waals surface area contributed by atoms with E-state index in [1.54, 1.807) is 19.3 Å². The molecule has 6 nitrogen and oxygen atoms in total. The normalized spacial score (nSPS) is 28.5. The Bertz CT molecular complexity index is 524. The van der Waals surface area contributed by atoms with Crippen LogP contribution in [0.1, 0.15) is 12.6 Å². The van der Waals surface area contributed by atoms with Gasteiger partial charge in [0, 0.05) is 19.7 Å². The number of hydrogen-bond acceptors (Lipinski definition) is 5. The third-order valence-corrected chi connectivity index (χ3v) is 3.32. The lowest BCUT2D eigenvalue weighted by Gasteiger charge is -2.15. The molecule has 0 saturated carbocycles. The van der Waals surface area contributed by atoms with Crippen LogP contribution in [0.3, 0.4) is 0 Å². The summed E-state index contributed by atoms with van der Waals surface area (Å²) < 4.78 is 8.53. The molecule has 0 amide bonds. The number of aliphatic hydroxyl groups excluding tert-OH is 2. The highest BCUT2D eigenvalue weighted by Crippen LogP contribution is 2.27. The molecule has 1 aromatic rings. The van der Waals surface area contributed by atoms with E-state index in [1.165, 1.54) is 9.13 Å². The first-order valence-corrected chi connectivity index (χ1v) is 5.68. The first-order valence-electron chi connectivity index (χ1n) is 5.27. The van der Waals surface area contributed by atoms with Crippen molar-refractivity contribution in [3.8, 4) is 0 Å². The van der Waals surface area contributed by atoms with E-state index in [4.69, 9.17) is 22.1 Å². The quantitative estimate of drug-likeness (QED) is 0.703. The predicted molar refractivity (Wildman–Crippen MR) is 62.1 cm³/mol. The van der Waals surface area contributed by atoms with Gasteiger partial charge in [0.25, 0.3) is 0 Å². The number of nitrogens with zero attached hydrogens (tertiary/aromatic N) is 2. The van der Waals surface area contributed by atoms with Gasteiger partial charge in [-0.2, -0.15) is 0 Å². The maximum atomic E-state index is 11.9. The summed E-state index contributed by atoms with van der Waals surface area (Å²) >= 11 is 4.96. The summed E-state index contributed by atoms with van der Waals surface area (Å²) in [5.74, 6) is 0. The molecule has 2 heterocycles. The molecule has 2 rings (SSSR count). The molecule has 94 valence electrons. The highest BCUT2D eigenvalue weighted by molar-refractivity contribution is 7.71. The van der Waals surface area contributed by atoms with Crippen molar-refractivity contribution in [3.05, 3.63) is 27.4 Å². The van der Waals surface area contributed by atoms with Crippen molar-refractivity contribution in [1.29, 1.82) is 0 Å². The molecule has 1 saturated heterocycles. The lowest BCUT2D eigenvalue weighted by Crippen LogP contribution is -2.32. The van der Waals surface area contributed by atoms with Crippen LogP contribution in [0.2, 0.25) is 0 Å². The third-order valence-electron chi connectivity index (χ3n) is 2.91. The van der Waals surface area contributed by atoms with Crippen LogP contribution >= 0.6 is 12.2 Å². The van der Waals surface area contributed by atoms with E-state index in [1.807, 2.05) is 0 Å². The predicted octanol–water partition coefficient (Wildman–Crippen LogP) is -0.443. The Morgan fingerprint density at radius 2 is 2.35 bits per heavy atom. The summed E-state index contributed by atoms with van der Waals surface area (Å²) in [6.45, 7) is -0.266. The summed E-state index contributed by atoms with van der Waals surface area (Å²) in [5, 5.41) is 18.6. The Morgan fingerprint density at radius 1 is 1.65 bits per heavy atom. The van der Waals surface area contributed by atoms with Crippen molar-refractivity contribution < 1.29 is 14.9 Å². The average Bonchev–Trinajstić information content (AvgIpc) is 2.67. The molecule has 0 radical (unpaired) electrons. The van der Waals surface area contributed by atoms with E-state index in [-0.39, 0.29) is 18.7 Å². The minimum absolute atomic E-state index is 0.266. The lowest BCUT2D eigenvalue weighted by molar-refractivity contribution is -0.0462. The summed E-state index contributed by atoms with van der Waals surface area (Å²) in [6, 6.07) is 1.62. The van der Waals surface area contributed by atoms with Crippen molar-refractivity contribution in [2.24, 2.45) is 7.05 Å². The maximum absolute atomic E-state index is 11.9. The van der Waals surface area contributed by atoms with Gasteiger partial charge < -0.3 is 14.9 Å². The summed E-state index contributed by atoms with van der Waals surface area (Å²) in [6.07, 6.45) is -0.133. The van der Waals surface area contributed by atoms with Crippen LogP contribution in [-0.2, 0) is 11.8 Å². The van der Waals surface area contributed by atoms with Gasteiger partial charge in [-0.25, -0.2) is 4.79 Å². The highest BCUT2D eigenvalue weighted by Gasteiger charge is 2.34. The van der Waals surface area contributed by atoms with Crippen LogP contribution in [0.25, 0.3) is 0 Å². The van der Waals surface area contributed by atoms with Gasteiger partial charge in [0.15, 0.2) is 0 Å². The smallest absolute Gasteiger partial charge is 0.331 e. The van der Waals surface area contributed by atoms with Gasteiger partial charge in [0.2, 0.25) is 0 Å². The number of hydrogen-bond donors (Lipinski definition) is 2. The van der Waals surface area contributed by atoms with Crippen LogP contribution in [-0.4, -0.2) is 38.2 Å². The van der Waals surface area contributed by atoms with Crippen LogP contribution in [0.4, 0.5) is 0 Å². The number of ether oxygens (including phenoxy) is 1. The number of aliphatic hydroxyl groups is 2. The van der Waals surface area contributed by atoms with E-state index in [0.717, 1.165) is 0 Å².